The largest absolute Gasteiger partial charge is 0.463 e. The van der Waals surface area contributed by atoms with Crippen molar-refractivity contribution < 1.29 is 4.42 Å². The van der Waals surface area contributed by atoms with E-state index in [1.807, 2.05) is 24.3 Å². The van der Waals surface area contributed by atoms with Gasteiger partial charge in [-0.25, -0.2) is 9.50 Å². The molecular weight excluding hydrogens is 302 g/mol. The highest BCUT2D eigenvalue weighted by atomic mass is 16.3. The summed E-state index contributed by atoms with van der Waals surface area (Å²) in [6.07, 6.45) is 3.88. The molecule has 0 unspecified atom stereocenters. The molecule has 1 aliphatic carbocycles. The normalized spacial score (nSPS) is 14.3. The number of fused-ring (bicyclic) bond motifs is 1. The van der Waals surface area contributed by atoms with Crippen molar-refractivity contribution in [3.05, 3.63) is 70.8 Å². The van der Waals surface area contributed by atoms with Crippen molar-refractivity contribution in [3.8, 4) is 22.6 Å². The third-order valence-corrected chi connectivity index (χ3v) is 4.47. The number of H-pyrrole nitrogens is 1. The Morgan fingerprint density at radius 3 is 2.67 bits per heavy atom. The number of benzene rings is 1. The lowest BCUT2D eigenvalue weighted by atomic mass is 10.0. The molecule has 1 aliphatic rings. The fraction of sp³-hybridized carbons (Fsp3) is 0.158. The number of hydrogen-bond acceptors (Lipinski definition) is 3. The number of nitrogens with one attached hydrogen (secondary N) is 1. The Hall–Kier alpha value is -3.08. The summed E-state index contributed by atoms with van der Waals surface area (Å²) < 4.78 is 6.96. The number of aromatic nitrogens is 3. The average Bonchev–Trinajstić information content (AvgIpc) is 3.16. The SMILES string of the molecule is O=c1cc(-c2ccco2)nc2c(-c3ccccc3)c(C3CC3)[nH]n12. The van der Waals surface area contributed by atoms with Crippen molar-refractivity contribution in [2.24, 2.45) is 0 Å². The molecule has 3 aromatic heterocycles. The smallest absolute Gasteiger partial charge is 0.273 e. The van der Waals surface area contributed by atoms with Crippen LogP contribution in [0.2, 0.25) is 0 Å². The van der Waals surface area contributed by atoms with Crippen molar-refractivity contribution >= 4 is 5.65 Å². The molecule has 5 heteroatoms. The fourth-order valence-corrected chi connectivity index (χ4v) is 3.16. The van der Waals surface area contributed by atoms with Crippen LogP contribution in [0.3, 0.4) is 0 Å². The first-order chi connectivity index (χ1) is 11.8. The standard InChI is InChI=1S/C19H15N3O2/c23-16-11-14(15-7-4-10-24-15)20-19-17(12-5-2-1-3-6-12)18(13-8-9-13)21-22(16)19/h1-7,10-11,13,21H,8-9H2. The van der Waals surface area contributed by atoms with Gasteiger partial charge in [-0.1, -0.05) is 30.3 Å². The van der Waals surface area contributed by atoms with E-state index in [-0.39, 0.29) is 5.56 Å². The van der Waals surface area contributed by atoms with E-state index >= 15 is 0 Å². The zero-order valence-corrected chi connectivity index (χ0v) is 12.9. The Balaban J connectivity index is 1.84. The van der Waals surface area contributed by atoms with E-state index in [1.165, 1.54) is 6.07 Å². The molecule has 3 heterocycles. The molecule has 118 valence electrons. The summed E-state index contributed by atoms with van der Waals surface area (Å²) in [6.45, 7) is 0. The number of rotatable bonds is 3. The zero-order chi connectivity index (χ0) is 16.1. The lowest BCUT2D eigenvalue weighted by Gasteiger charge is -2.03. The summed E-state index contributed by atoms with van der Waals surface area (Å²) in [7, 11) is 0. The minimum absolute atomic E-state index is 0.129. The molecule has 0 amide bonds. The van der Waals surface area contributed by atoms with Crippen LogP contribution in [0.4, 0.5) is 0 Å². The van der Waals surface area contributed by atoms with Crippen LogP contribution in [0.1, 0.15) is 24.5 Å². The quantitative estimate of drug-likeness (QED) is 0.624. The fourth-order valence-electron chi connectivity index (χ4n) is 3.16. The minimum Gasteiger partial charge on any atom is -0.463 e. The van der Waals surface area contributed by atoms with Crippen LogP contribution in [-0.2, 0) is 0 Å². The van der Waals surface area contributed by atoms with E-state index in [1.54, 1.807) is 16.8 Å². The van der Waals surface area contributed by atoms with Crippen LogP contribution in [0.15, 0.2) is 64.0 Å². The number of furan rings is 1. The Morgan fingerprint density at radius 2 is 1.96 bits per heavy atom. The molecule has 1 aromatic carbocycles. The third kappa shape index (κ3) is 2.01. The van der Waals surface area contributed by atoms with Crippen LogP contribution in [-0.4, -0.2) is 14.6 Å². The first-order valence-electron chi connectivity index (χ1n) is 8.06. The molecule has 4 aromatic rings. The van der Waals surface area contributed by atoms with Crippen LogP contribution < -0.4 is 5.56 Å². The second-order valence-electron chi connectivity index (χ2n) is 6.16. The summed E-state index contributed by atoms with van der Waals surface area (Å²) in [5.41, 5.74) is 4.27. The van der Waals surface area contributed by atoms with Gasteiger partial charge in [-0.15, -0.1) is 0 Å². The Morgan fingerprint density at radius 1 is 1.12 bits per heavy atom. The van der Waals surface area contributed by atoms with Gasteiger partial charge in [0.15, 0.2) is 11.4 Å². The van der Waals surface area contributed by atoms with Gasteiger partial charge in [0.25, 0.3) is 5.56 Å². The molecule has 24 heavy (non-hydrogen) atoms. The van der Waals surface area contributed by atoms with Gasteiger partial charge in [0.1, 0.15) is 5.69 Å². The summed E-state index contributed by atoms with van der Waals surface area (Å²) in [5, 5.41) is 3.28. The molecule has 1 saturated carbocycles. The average molecular weight is 317 g/mol. The van der Waals surface area contributed by atoms with Gasteiger partial charge in [0.05, 0.1) is 6.26 Å². The Labute approximate surface area is 137 Å². The lowest BCUT2D eigenvalue weighted by molar-refractivity contribution is 0.580. The molecule has 1 N–H and O–H groups in total. The molecule has 0 bridgehead atoms. The third-order valence-electron chi connectivity index (χ3n) is 4.47. The number of nitrogens with zero attached hydrogens (tertiary/aromatic N) is 2. The van der Waals surface area contributed by atoms with Crippen molar-refractivity contribution in [2.45, 2.75) is 18.8 Å². The highest BCUT2D eigenvalue weighted by molar-refractivity contribution is 5.81. The number of hydrogen-bond donors (Lipinski definition) is 1. The molecule has 5 nitrogen and oxygen atoms in total. The van der Waals surface area contributed by atoms with E-state index in [0.717, 1.165) is 29.7 Å². The van der Waals surface area contributed by atoms with Gasteiger partial charge in [-0.3, -0.25) is 9.89 Å². The molecule has 0 saturated heterocycles. The van der Waals surface area contributed by atoms with Gasteiger partial charge in [0.2, 0.25) is 0 Å². The van der Waals surface area contributed by atoms with E-state index in [0.29, 0.717) is 23.0 Å². The summed E-state index contributed by atoms with van der Waals surface area (Å²) in [6, 6.07) is 15.2. The second kappa shape index (κ2) is 4.96. The monoisotopic (exact) mass is 317 g/mol. The highest BCUT2D eigenvalue weighted by Gasteiger charge is 2.30. The maximum absolute atomic E-state index is 12.6. The van der Waals surface area contributed by atoms with Gasteiger partial charge in [-0.2, -0.15) is 0 Å². The van der Waals surface area contributed by atoms with E-state index in [9.17, 15) is 4.79 Å². The lowest BCUT2D eigenvalue weighted by Crippen LogP contribution is -2.14. The molecule has 0 aliphatic heterocycles. The minimum atomic E-state index is -0.129. The van der Waals surface area contributed by atoms with Crippen molar-refractivity contribution in [2.75, 3.05) is 0 Å². The highest BCUT2D eigenvalue weighted by Crippen LogP contribution is 2.44. The molecule has 0 spiro atoms. The number of aromatic amines is 1. The van der Waals surface area contributed by atoms with E-state index in [4.69, 9.17) is 9.40 Å². The van der Waals surface area contributed by atoms with E-state index in [2.05, 4.69) is 17.2 Å². The van der Waals surface area contributed by atoms with Gasteiger partial charge >= 0.3 is 0 Å². The maximum atomic E-state index is 12.6. The first kappa shape index (κ1) is 13.4. The van der Waals surface area contributed by atoms with Crippen LogP contribution in [0.25, 0.3) is 28.2 Å². The van der Waals surface area contributed by atoms with Gasteiger partial charge < -0.3 is 4.42 Å². The van der Waals surface area contributed by atoms with Crippen LogP contribution in [0, 0.1) is 0 Å². The molecular formula is C19H15N3O2. The maximum Gasteiger partial charge on any atom is 0.273 e. The predicted octanol–water partition coefficient (Wildman–Crippen LogP) is 3.83. The van der Waals surface area contributed by atoms with Gasteiger partial charge in [0, 0.05) is 23.2 Å². The predicted molar refractivity (Wildman–Crippen MR) is 90.9 cm³/mol. The van der Waals surface area contributed by atoms with Crippen LogP contribution in [0.5, 0.6) is 0 Å². The molecule has 1 fully saturated rings. The molecule has 0 radical (unpaired) electrons. The summed E-state index contributed by atoms with van der Waals surface area (Å²) >= 11 is 0. The summed E-state index contributed by atoms with van der Waals surface area (Å²) in [4.78, 5) is 17.3. The Kier molecular flexibility index (Phi) is 2.76. The van der Waals surface area contributed by atoms with Crippen LogP contribution >= 0.6 is 0 Å². The molecule has 0 atom stereocenters. The second-order valence-corrected chi connectivity index (χ2v) is 6.16. The molecule has 5 rings (SSSR count). The Bertz CT molecular complexity index is 1070. The van der Waals surface area contributed by atoms with Crippen molar-refractivity contribution in [3.63, 3.8) is 0 Å². The topological polar surface area (TPSA) is 63.3 Å². The first-order valence-corrected chi connectivity index (χ1v) is 8.06. The van der Waals surface area contributed by atoms with Crippen molar-refractivity contribution in [1.82, 2.24) is 14.6 Å². The van der Waals surface area contributed by atoms with Gasteiger partial charge in [-0.05, 0) is 30.5 Å². The van der Waals surface area contributed by atoms with E-state index < -0.39 is 0 Å². The zero-order valence-electron chi connectivity index (χ0n) is 12.9. The summed E-state index contributed by atoms with van der Waals surface area (Å²) in [5.74, 6) is 1.08. The van der Waals surface area contributed by atoms with Crippen molar-refractivity contribution in [1.29, 1.82) is 0 Å².